The van der Waals surface area contributed by atoms with Crippen molar-refractivity contribution < 1.29 is 13.2 Å². The first-order valence-electron chi connectivity index (χ1n) is 10.6. The van der Waals surface area contributed by atoms with Gasteiger partial charge in [0.15, 0.2) is 0 Å². The molecular formula is C23H31N3O3S. The fourth-order valence-corrected chi connectivity index (χ4v) is 5.55. The molecule has 162 valence electrons. The summed E-state index contributed by atoms with van der Waals surface area (Å²) in [6, 6.07) is 16.3. The van der Waals surface area contributed by atoms with Crippen molar-refractivity contribution in [3.8, 4) is 0 Å². The van der Waals surface area contributed by atoms with Gasteiger partial charge >= 0.3 is 6.03 Å². The van der Waals surface area contributed by atoms with Gasteiger partial charge in [0, 0.05) is 19.6 Å². The van der Waals surface area contributed by atoms with Gasteiger partial charge in [-0.1, -0.05) is 68.8 Å². The molecule has 0 radical (unpaired) electrons. The number of hydrogen-bond donors (Lipinski definition) is 2. The van der Waals surface area contributed by atoms with Crippen molar-refractivity contribution in [2.24, 2.45) is 5.92 Å². The van der Waals surface area contributed by atoms with Crippen molar-refractivity contribution >= 4 is 16.1 Å². The summed E-state index contributed by atoms with van der Waals surface area (Å²) in [6.45, 7) is 5.36. The molecule has 1 heterocycles. The predicted octanol–water partition coefficient (Wildman–Crippen LogP) is 4.06. The van der Waals surface area contributed by atoms with Crippen LogP contribution in [0.15, 0.2) is 59.5 Å². The van der Waals surface area contributed by atoms with E-state index >= 15 is 0 Å². The van der Waals surface area contributed by atoms with Crippen LogP contribution in [0.1, 0.15) is 50.3 Å². The summed E-state index contributed by atoms with van der Waals surface area (Å²) in [5.41, 5.74) is 1.63. The maximum atomic E-state index is 13.1. The molecule has 2 amide bonds. The van der Waals surface area contributed by atoms with Crippen molar-refractivity contribution in [2.75, 3.05) is 13.1 Å². The molecule has 1 fully saturated rings. The van der Waals surface area contributed by atoms with Gasteiger partial charge in [-0.25, -0.2) is 13.2 Å². The van der Waals surface area contributed by atoms with Crippen LogP contribution in [-0.4, -0.2) is 31.8 Å². The zero-order valence-electron chi connectivity index (χ0n) is 17.7. The van der Waals surface area contributed by atoms with E-state index in [1.807, 2.05) is 30.3 Å². The van der Waals surface area contributed by atoms with Crippen LogP contribution in [0.2, 0.25) is 0 Å². The average Bonchev–Trinajstić information content (AvgIpc) is 2.77. The van der Waals surface area contributed by atoms with Crippen molar-refractivity contribution in [1.29, 1.82) is 0 Å². The molecule has 0 aromatic heterocycles. The Bertz CT molecular complexity index is 939. The Kier molecular flexibility index (Phi) is 7.50. The highest BCUT2D eigenvalue weighted by molar-refractivity contribution is 7.89. The molecule has 6 nitrogen and oxygen atoms in total. The zero-order valence-corrected chi connectivity index (χ0v) is 18.5. The molecule has 0 spiro atoms. The quantitative estimate of drug-likeness (QED) is 0.697. The second-order valence-electron chi connectivity index (χ2n) is 8.03. The summed E-state index contributed by atoms with van der Waals surface area (Å²) in [6.07, 6.45) is 2.84. The molecule has 0 aliphatic carbocycles. The second-order valence-corrected chi connectivity index (χ2v) is 9.94. The van der Waals surface area contributed by atoms with Crippen molar-refractivity contribution in [1.82, 2.24) is 14.9 Å². The van der Waals surface area contributed by atoms with E-state index in [1.54, 1.807) is 28.6 Å². The number of urea groups is 1. The Labute approximate surface area is 179 Å². The van der Waals surface area contributed by atoms with E-state index in [0.717, 1.165) is 24.8 Å². The molecule has 1 saturated heterocycles. The number of piperidine rings is 1. The number of nitrogens with one attached hydrogen (secondary N) is 2. The highest BCUT2D eigenvalue weighted by Gasteiger charge is 2.28. The number of rotatable bonds is 7. The van der Waals surface area contributed by atoms with Crippen LogP contribution >= 0.6 is 0 Å². The fraction of sp³-hybridized carbons (Fsp3) is 0.435. The summed E-state index contributed by atoms with van der Waals surface area (Å²) < 4.78 is 27.8. The van der Waals surface area contributed by atoms with E-state index in [4.69, 9.17) is 0 Å². The smallest absolute Gasteiger partial charge is 0.315 e. The molecule has 1 aliphatic heterocycles. The SMILES string of the molecule is CC(C)[C@@H](NC(=O)NCc1ccccc1S(=O)(=O)N1CCCCC1)c1ccccc1. The minimum absolute atomic E-state index is 0.126. The maximum absolute atomic E-state index is 13.1. The van der Waals surface area contributed by atoms with E-state index in [2.05, 4.69) is 24.5 Å². The van der Waals surface area contributed by atoms with Gasteiger partial charge in [0.2, 0.25) is 10.0 Å². The molecule has 0 unspecified atom stereocenters. The van der Waals surface area contributed by atoms with E-state index in [9.17, 15) is 13.2 Å². The Morgan fingerprint density at radius 2 is 1.60 bits per heavy atom. The lowest BCUT2D eigenvalue weighted by Crippen LogP contribution is -2.40. The average molecular weight is 430 g/mol. The van der Waals surface area contributed by atoms with Gasteiger partial charge in [0.1, 0.15) is 0 Å². The van der Waals surface area contributed by atoms with E-state index in [0.29, 0.717) is 18.7 Å². The third-order valence-electron chi connectivity index (χ3n) is 5.46. The number of hydrogen-bond acceptors (Lipinski definition) is 3. The lowest BCUT2D eigenvalue weighted by Gasteiger charge is -2.27. The summed E-state index contributed by atoms with van der Waals surface area (Å²) in [5, 5.41) is 5.85. The normalized spacial score (nSPS) is 16.2. The third-order valence-corrected chi connectivity index (χ3v) is 7.46. The van der Waals surface area contributed by atoms with Gasteiger partial charge in [0.05, 0.1) is 10.9 Å². The summed E-state index contributed by atoms with van der Waals surface area (Å²) in [4.78, 5) is 12.9. The Hall–Kier alpha value is -2.38. The monoisotopic (exact) mass is 429 g/mol. The highest BCUT2D eigenvalue weighted by atomic mass is 32.2. The lowest BCUT2D eigenvalue weighted by atomic mass is 9.96. The van der Waals surface area contributed by atoms with Crippen LogP contribution in [0.4, 0.5) is 4.79 Å². The number of sulfonamides is 1. The Morgan fingerprint density at radius 1 is 0.967 bits per heavy atom. The van der Waals surface area contributed by atoms with Crippen LogP contribution < -0.4 is 10.6 Å². The van der Waals surface area contributed by atoms with Gasteiger partial charge < -0.3 is 10.6 Å². The van der Waals surface area contributed by atoms with Gasteiger partial charge in [-0.15, -0.1) is 0 Å². The molecule has 7 heteroatoms. The van der Waals surface area contributed by atoms with E-state index in [1.165, 1.54) is 0 Å². The molecule has 2 N–H and O–H groups in total. The summed E-state index contributed by atoms with van der Waals surface area (Å²) in [7, 11) is -3.56. The molecule has 0 saturated carbocycles. The number of amides is 2. The van der Waals surface area contributed by atoms with Crippen LogP contribution in [0, 0.1) is 5.92 Å². The van der Waals surface area contributed by atoms with Crippen LogP contribution in [0.25, 0.3) is 0 Å². The number of carbonyl (C=O) groups is 1. The van der Waals surface area contributed by atoms with E-state index in [-0.39, 0.29) is 29.4 Å². The minimum atomic E-state index is -3.56. The van der Waals surface area contributed by atoms with Gasteiger partial charge in [-0.2, -0.15) is 4.31 Å². The molecule has 1 atom stereocenters. The summed E-state index contributed by atoms with van der Waals surface area (Å²) >= 11 is 0. The zero-order chi connectivity index (χ0) is 21.6. The molecule has 30 heavy (non-hydrogen) atoms. The molecule has 2 aromatic carbocycles. The second kappa shape index (κ2) is 10.1. The standard InChI is InChI=1S/C23H31N3O3S/c1-18(2)22(19-11-5-3-6-12-19)25-23(27)24-17-20-13-7-8-14-21(20)30(28,29)26-15-9-4-10-16-26/h3,5-8,11-14,18,22H,4,9-10,15-17H2,1-2H3,(H2,24,25,27)/t22-/m1/s1. The molecule has 3 rings (SSSR count). The van der Waals surface area contributed by atoms with Crippen molar-refractivity contribution in [2.45, 2.75) is 50.6 Å². The van der Waals surface area contributed by atoms with Gasteiger partial charge in [0.25, 0.3) is 0 Å². The maximum Gasteiger partial charge on any atom is 0.315 e. The molecule has 0 bridgehead atoms. The number of carbonyl (C=O) groups excluding carboxylic acids is 1. The van der Waals surface area contributed by atoms with Gasteiger partial charge in [-0.3, -0.25) is 0 Å². The van der Waals surface area contributed by atoms with Crippen LogP contribution in [0.5, 0.6) is 0 Å². The van der Waals surface area contributed by atoms with Crippen LogP contribution in [-0.2, 0) is 16.6 Å². The predicted molar refractivity (Wildman–Crippen MR) is 118 cm³/mol. The van der Waals surface area contributed by atoms with Crippen LogP contribution in [0.3, 0.4) is 0 Å². The molecular weight excluding hydrogens is 398 g/mol. The lowest BCUT2D eigenvalue weighted by molar-refractivity contribution is 0.232. The number of nitrogens with zero attached hydrogens (tertiary/aromatic N) is 1. The third kappa shape index (κ3) is 5.40. The fourth-order valence-electron chi connectivity index (χ4n) is 3.81. The van der Waals surface area contributed by atoms with Crippen molar-refractivity contribution in [3.63, 3.8) is 0 Å². The Balaban J connectivity index is 1.69. The Morgan fingerprint density at radius 3 is 2.27 bits per heavy atom. The molecule has 2 aromatic rings. The van der Waals surface area contributed by atoms with E-state index < -0.39 is 10.0 Å². The first-order valence-corrected chi connectivity index (χ1v) is 12.0. The van der Waals surface area contributed by atoms with Crippen molar-refractivity contribution in [3.05, 3.63) is 65.7 Å². The highest BCUT2D eigenvalue weighted by Crippen LogP contribution is 2.24. The van der Waals surface area contributed by atoms with Gasteiger partial charge in [-0.05, 0) is 36.0 Å². The first-order chi connectivity index (χ1) is 14.4. The number of benzene rings is 2. The minimum Gasteiger partial charge on any atom is -0.334 e. The summed E-state index contributed by atoms with van der Waals surface area (Å²) in [5.74, 6) is 0.213. The largest absolute Gasteiger partial charge is 0.334 e. The first kappa shape index (κ1) is 22.3. The molecule has 1 aliphatic rings. The topological polar surface area (TPSA) is 78.5 Å².